The summed E-state index contributed by atoms with van der Waals surface area (Å²) >= 11 is 0. The van der Waals surface area contributed by atoms with Gasteiger partial charge in [-0.15, -0.1) is 0 Å². The van der Waals surface area contributed by atoms with E-state index < -0.39 is 35.5 Å². The van der Waals surface area contributed by atoms with E-state index in [0.717, 1.165) is 29.3 Å². The maximum absolute atomic E-state index is 15.2. The second-order valence-electron chi connectivity index (χ2n) is 11.8. The fourth-order valence-electron chi connectivity index (χ4n) is 6.09. The molecule has 1 aliphatic carbocycles. The van der Waals surface area contributed by atoms with Gasteiger partial charge in [0, 0.05) is 24.9 Å². The number of nitriles is 1. The van der Waals surface area contributed by atoms with Crippen molar-refractivity contribution in [2.75, 3.05) is 0 Å². The quantitative estimate of drug-likeness (QED) is 0.501. The van der Waals surface area contributed by atoms with E-state index in [1.807, 2.05) is 31.3 Å². The van der Waals surface area contributed by atoms with E-state index in [2.05, 4.69) is 23.4 Å². The van der Waals surface area contributed by atoms with Crippen molar-refractivity contribution >= 4 is 22.9 Å². The Bertz CT molecular complexity index is 1470. The highest BCUT2D eigenvalue weighted by atomic mass is 19.1. The van der Waals surface area contributed by atoms with Gasteiger partial charge in [-0.25, -0.2) is 9.18 Å². The molecule has 204 valence electrons. The van der Waals surface area contributed by atoms with E-state index in [4.69, 9.17) is 4.74 Å². The predicted octanol–water partition coefficient (Wildman–Crippen LogP) is 4.96. The predicted molar refractivity (Wildman–Crippen MR) is 145 cm³/mol. The molecule has 5 rings (SSSR count). The van der Waals surface area contributed by atoms with Crippen molar-refractivity contribution in [3.05, 3.63) is 54.0 Å². The molecule has 5 atom stereocenters. The number of rotatable bonds is 5. The van der Waals surface area contributed by atoms with Gasteiger partial charge in [-0.1, -0.05) is 25.1 Å². The third-order valence-electron chi connectivity index (χ3n) is 7.92. The van der Waals surface area contributed by atoms with Crippen LogP contribution >= 0.6 is 0 Å². The largest absolute Gasteiger partial charge is 0.444 e. The van der Waals surface area contributed by atoms with Gasteiger partial charge in [-0.2, -0.15) is 10.4 Å². The van der Waals surface area contributed by atoms with Gasteiger partial charge in [0.1, 0.15) is 23.5 Å². The molecule has 8 nitrogen and oxygen atoms in total. The van der Waals surface area contributed by atoms with Gasteiger partial charge in [0.2, 0.25) is 5.91 Å². The number of amides is 2. The van der Waals surface area contributed by atoms with E-state index in [9.17, 15) is 14.9 Å². The van der Waals surface area contributed by atoms with Crippen LogP contribution in [-0.4, -0.2) is 50.4 Å². The maximum Gasteiger partial charge on any atom is 0.411 e. The minimum atomic E-state index is -0.945. The van der Waals surface area contributed by atoms with Crippen LogP contribution < -0.4 is 5.32 Å². The lowest BCUT2D eigenvalue weighted by Gasteiger charge is -2.38. The molecule has 1 aliphatic heterocycles. The number of nitrogens with one attached hydrogen (secondary N) is 1. The van der Waals surface area contributed by atoms with Crippen LogP contribution in [0.5, 0.6) is 0 Å². The average Bonchev–Trinajstić information content (AvgIpc) is 3.55. The van der Waals surface area contributed by atoms with Gasteiger partial charge in [0.15, 0.2) is 0 Å². The minimum Gasteiger partial charge on any atom is -0.444 e. The number of aromatic nitrogens is 2. The Morgan fingerprint density at radius 2 is 1.92 bits per heavy atom. The van der Waals surface area contributed by atoms with Crippen LogP contribution in [0.4, 0.5) is 9.18 Å². The van der Waals surface area contributed by atoms with Crippen molar-refractivity contribution in [2.45, 2.75) is 70.7 Å². The molecule has 2 aromatic carbocycles. The van der Waals surface area contributed by atoms with Crippen LogP contribution in [0.2, 0.25) is 0 Å². The molecular weight excluding hydrogens is 497 g/mol. The highest BCUT2D eigenvalue weighted by Crippen LogP contribution is 2.46. The zero-order valence-corrected chi connectivity index (χ0v) is 22.9. The van der Waals surface area contributed by atoms with Crippen molar-refractivity contribution in [3.8, 4) is 17.2 Å². The Morgan fingerprint density at radius 1 is 1.21 bits per heavy atom. The van der Waals surface area contributed by atoms with E-state index in [-0.39, 0.29) is 24.3 Å². The van der Waals surface area contributed by atoms with Crippen LogP contribution in [0.1, 0.15) is 46.1 Å². The molecule has 9 heteroatoms. The zero-order valence-electron chi connectivity index (χ0n) is 22.9. The van der Waals surface area contributed by atoms with Crippen LogP contribution in [0.3, 0.4) is 0 Å². The lowest BCUT2D eigenvalue weighted by atomic mass is 9.88. The Kier molecular flexibility index (Phi) is 6.83. The van der Waals surface area contributed by atoms with E-state index in [1.54, 1.807) is 42.6 Å². The van der Waals surface area contributed by atoms with Crippen molar-refractivity contribution in [3.63, 3.8) is 0 Å². The lowest BCUT2D eigenvalue weighted by molar-refractivity contribution is -0.129. The number of carbonyl (C=O) groups excluding carboxylic acids is 2. The van der Waals surface area contributed by atoms with Crippen LogP contribution in [-0.2, 0) is 23.0 Å². The van der Waals surface area contributed by atoms with Crippen molar-refractivity contribution < 1.29 is 18.7 Å². The smallest absolute Gasteiger partial charge is 0.411 e. The Morgan fingerprint density at radius 3 is 2.62 bits per heavy atom. The second-order valence-corrected chi connectivity index (χ2v) is 11.8. The van der Waals surface area contributed by atoms with Crippen molar-refractivity contribution in [1.29, 1.82) is 5.26 Å². The van der Waals surface area contributed by atoms with Crippen LogP contribution in [0.15, 0.2) is 42.6 Å². The zero-order chi connectivity index (χ0) is 28.1. The Hall–Kier alpha value is -3.93. The number of likely N-dealkylation sites (tertiary alicyclic amines) is 1. The van der Waals surface area contributed by atoms with Gasteiger partial charge < -0.3 is 10.1 Å². The van der Waals surface area contributed by atoms with Gasteiger partial charge in [-0.05, 0) is 80.3 Å². The summed E-state index contributed by atoms with van der Waals surface area (Å²) in [7, 11) is 1.87. The molecule has 2 aliphatic rings. The molecule has 2 amide bonds. The highest BCUT2D eigenvalue weighted by Gasteiger charge is 2.55. The summed E-state index contributed by atoms with van der Waals surface area (Å²) in [6, 6.07) is 11.1. The highest BCUT2D eigenvalue weighted by molar-refractivity contribution is 5.88. The first kappa shape index (κ1) is 26.7. The van der Waals surface area contributed by atoms with Crippen LogP contribution in [0.25, 0.3) is 22.0 Å². The normalized spacial score (nSPS) is 23.1. The number of hydrogen-bond acceptors (Lipinski definition) is 5. The first-order chi connectivity index (χ1) is 18.4. The third kappa shape index (κ3) is 5.20. The molecule has 0 spiro atoms. The molecule has 2 bridgehead atoms. The van der Waals surface area contributed by atoms with Crippen molar-refractivity contribution in [2.24, 2.45) is 18.9 Å². The molecule has 2 heterocycles. The summed E-state index contributed by atoms with van der Waals surface area (Å²) in [5.41, 5.74) is 2.20. The summed E-state index contributed by atoms with van der Waals surface area (Å²) in [6.45, 7) is 7.46. The molecule has 0 radical (unpaired) electrons. The first-order valence-electron chi connectivity index (χ1n) is 13.4. The number of hydrogen-bond donors (Lipinski definition) is 1. The molecule has 39 heavy (non-hydrogen) atoms. The standard InChI is InChI=1S/C30H34FN5O3/c1-17-10-23-14-24(17)27(36(23)29(38)39-30(2,3)4)28(37)34-22(15-32)12-20-7-6-19(13-25(20)31)18-8-9-26-21(11-18)16-33-35(26)5/h6-9,11,13,16-17,22-24,27H,10,12,14H2,1-5H3,(H,34,37)/t17-,22-,23+,24+,27-/m0/s1. The fourth-order valence-corrected chi connectivity index (χ4v) is 6.09. The van der Waals surface area contributed by atoms with Crippen molar-refractivity contribution in [1.82, 2.24) is 20.0 Å². The maximum atomic E-state index is 15.2. The van der Waals surface area contributed by atoms with E-state index in [1.165, 1.54) is 6.07 Å². The average molecular weight is 532 g/mol. The minimum absolute atomic E-state index is 0.00460. The molecule has 3 aromatic rings. The van der Waals surface area contributed by atoms with E-state index >= 15 is 4.39 Å². The van der Waals surface area contributed by atoms with Gasteiger partial charge in [-0.3, -0.25) is 14.4 Å². The van der Waals surface area contributed by atoms with E-state index in [0.29, 0.717) is 11.1 Å². The topological polar surface area (TPSA) is 100 Å². The first-order valence-corrected chi connectivity index (χ1v) is 13.4. The molecule has 1 saturated heterocycles. The fraction of sp³-hybridized carbons (Fsp3) is 0.467. The molecule has 1 aromatic heterocycles. The number of halogens is 1. The number of carbonyl (C=O) groups is 2. The SMILES string of the molecule is C[C@H]1C[C@@H]2C[C@H]1[C@@H](C(=O)N[C@H](C#N)Cc1ccc(-c3ccc4c(cnn4C)c3)cc1F)N2C(=O)OC(C)(C)C. The summed E-state index contributed by atoms with van der Waals surface area (Å²) in [5, 5.41) is 17.8. The lowest BCUT2D eigenvalue weighted by Crippen LogP contribution is -2.56. The summed E-state index contributed by atoms with van der Waals surface area (Å²) in [6.07, 6.45) is 2.82. The molecule has 1 N–H and O–H groups in total. The summed E-state index contributed by atoms with van der Waals surface area (Å²) < 4.78 is 22.6. The molecule has 1 saturated carbocycles. The number of ether oxygens (including phenoxy) is 1. The molecular formula is C30H34FN5O3. The van der Waals surface area contributed by atoms with Gasteiger partial charge in [0.05, 0.1) is 17.8 Å². The number of nitrogens with zero attached hydrogens (tertiary/aromatic N) is 4. The Balaban J connectivity index is 1.30. The van der Waals surface area contributed by atoms with Gasteiger partial charge >= 0.3 is 6.09 Å². The van der Waals surface area contributed by atoms with Crippen LogP contribution in [0, 0.1) is 29.0 Å². The number of piperidine rings is 1. The Labute approximate surface area is 227 Å². The van der Waals surface area contributed by atoms with Gasteiger partial charge in [0.25, 0.3) is 0 Å². The summed E-state index contributed by atoms with van der Waals surface area (Å²) in [4.78, 5) is 28.0. The second kappa shape index (κ2) is 9.99. The number of fused-ring (bicyclic) bond motifs is 3. The monoisotopic (exact) mass is 531 g/mol. The third-order valence-corrected chi connectivity index (χ3v) is 7.92. The number of benzene rings is 2. The number of aryl methyl sites for hydroxylation is 1. The summed E-state index contributed by atoms with van der Waals surface area (Å²) in [5.74, 6) is -0.568. The molecule has 0 unspecified atom stereocenters. The molecule has 2 fully saturated rings.